The second-order valence-electron chi connectivity index (χ2n) is 4.85. The Hall–Kier alpha value is -1.32. The molecule has 19 heavy (non-hydrogen) atoms. The maximum Gasteiger partial charge on any atom is 0.0419 e. The van der Waals surface area contributed by atoms with Gasteiger partial charge in [0.15, 0.2) is 0 Å². The van der Waals surface area contributed by atoms with Crippen molar-refractivity contribution in [3.05, 3.63) is 58.6 Å². The molecule has 0 spiro atoms. The molecule has 0 aromatic heterocycles. The molecule has 2 N–H and O–H groups in total. The molecule has 0 aliphatic heterocycles. The van der Waals surface area contributed by atoms with Gasteiger partial charge in [-0.25, -0.2) is 0 Å². The van der Waals surface area contributed by atoms with Gasteiger partial charge in [-0.2, -0.15) is 0 Å². The molecule has 0 aliphatic rings. The van der Waals surface area contributed by atoms with Gasteiger partial charge < -0.3 is 10.6 Å². The summed E-state index contributed by atoms with van der Waals surface area (Å²) in [6, 6.07) is 16.9. The molecule has 0 radical (unpaired) electrons. The number of para-hydroxylation sites is 1. The Bertz CT molecular complexity index is 538. The maximum atomic E-state index is 5.85. The molecule has 2 aromatic carbocycles. The predicted molar refractivity (Wildman–Crippen MR) is 86.0 cm³/mol. The summed E-state index contributed by atoms with van der Waals surface area (Å²) in [6.45, 7) is 2.02. The monoisotopic (exact) mass is 318 g/mol. The third-order valence-electron chi connectivity index (χ3n) is 3.11. The van der Waals surface area contributed by atoms with E-state index in [2.05, 4.69) is 58.2 Å². The Morgan fingerprint density at radius 3 is 2.37 bits per heavy atom. The van der Waals surface area contributed by atoms with Crippen molar-refractivity contribution < 1.29 is 0 Å². The largest absolute Gasteiger partial charge is 0.345 e. The fourth-order valence-corrected chi connectivity index (χ4v) is 2.59. The van der Waals surface area contributed by atoms with E-state index in [1.54, 1.807) is 0 Å². The van der Waals surface area contributed by atoms with E-state index >= 15 is 0 Å². The topological polar surface area (TPSA) is 29.3 Å². The Labute approximate surface area is 123 Å². The molecule has 3 heteroatoms. The van der Waals surface area contributed by atoms with Gasteiger partial charge in [-0.1, -0.05) is 40.2 Å². The molecule has 0 amide bonds. The number of halogens is 1. The average Bonchev–Trinajstić information content (AvgIpc) is 2.41. The summed E-state index contributed by atoms with van der Waals surface area (Å²) in [4.78, 5) is 2.17. The van der Waals surface area contributed by atoms with Crippen molar-refractivity contribution in [3.8, 4) is 0 Å². The molecule has 0 saturated heterocycles. The van der Waals surface area contributed by atoms with Gasteiger partial charge in [-0.3, -0.25) is 0 Å². The summed E-state index contributed by atoms with van der Waals surface area (Å²) < 4.78 is 1.12. The molecule has 0 aliphatic carbocycles. The van der Waals surface area contributed by atoms with Crippen LogP contribution in [0, 0.1) is 0 Å². The van der Waals surface area contributed by atoms with Crippen LogP contribution >= 0.6 is 15.9 Å². The zero-order valence-corrected chi connectivity index (χ0v) is 12.9. The first-order valence-electron chi connectivity index (χ1n) is 6.40. The van der Waals surface area contributed by atoms with Crippen LogP contribution in [0.25, 0.3) is 0 Å². The minimum atomic E-state index is 0.175. The summed E-state index contributed by atoms with van der Waals surface area (Å²) in [5.41, 5.74) is 9.44. The van der Waals surface area contributed by atoms with E-state index < -0.39 is 0 Å². The lowest BCUT2D eigenvalue weighted by Gasteiger charge is -2.20. The lowest BCUT2D eigenvalue weighted by Crippen LogP contribution is -2.18. The first-order chi connectivity index (χ1) is 9.08. The van der Waals surface area contributed by atoms with E-state index in [4.69, 9.17) is 5.73 Å². The van der Waals surface area contributed by atoms with Crippen LogP contribution in [0.2, 0.25) is 0 Å². The summed E-state index contributed by atoms with van der Waals surface area (Å²) in [6.07, 6.45) is 0.885. The minimum Gasteiger partial charge on any atom is -0.345 e. The zero-order chi connectivity index (χ0) is 13.8. The van der Waals surface area contributed by atoms with Gasteiger partial charge in [0.25, 0.3) is 0 Å². The molecule has 1 unspecified atom stereocenters. The van der Waals surface area contributed by atoms with E-state index in [1.165, 1.54) is 11.3 Å². The minimum absolute atomic E-state index is 0.175. The SMILES string of the molecule is CC(N)Cc1ccc(N(C)c2ccccc2)cc1Br. The van der Waals surface area contributed by atoms with Gasteiger partial charge >= 0.3 is 0 Å². The van der Waals surface area contributed by atoms with Crippen LogP contribution in [-0.2, 0) is 6.42 Å². The molecule has 2 nitrogen and oxygen atoms in total. The van der Waals surface area contributed by atoms with Crippen molar-refractivity contribution in [2.45, 2.75) is 19.4 Å². The number of anilines is 2. The third kappa shape index (κ3) is 3.58. The summed E-state index contributed by atoms with van der Waals surface area (Å²) in [7, 11) is 2.07. The average molecular weight is 319 g/mol. The maximum absolute atomic E-state index is 5.85. The zero-order valence-electron chi connectivity index (χ0n) is 11.3. The van der Waals surface area contributed by atoms with Gasteiger partial charge in [-0.05, 0) is 43.2 Å². The van der Waals surface area contributed by atoms with Crippen molar-refractivity contribution in [1.82, 2.24) is 0 Å². The van der Waals surface area contributed by atoms with Crippen molar-refractivity contribution in [1.29, 1.82) is 0 Å². The number of nitrogens with two attached hydrogens (primary N) is 1. The number of hydrogen-bond donors (Lipinski definition) is 1. The summed E-state index contributed by atoms with van der Waals surface area (Å²) in [5, 5.41) is 0. The van der Waals surface area contributed by atoms with Gasteiger partial charge in [0.1, 0.15) is 0 Å². The number of nitrogens with zero attached hydrogens (tertiary/aromatic N) is 1. The van der Waals surface area contributed by atoms with Crippen LogP contribution in [0.3, 0.4) is 0 Å². The van der Waals surface area contributed by atoms with Crippen LogP contribution in [-0.4, -0.2) is 13.1 Å². The van der Waals surface area contributed by atoms with E-state index in [0.717, 1.165) is 16.6 Å². The van der Waals surface area contributed by atoms with E-state index in [-0.39, 0.29) is 6.04 Å². The summed E-state index contributed by atoms with van der Waals surface area (Å²) in [5.74, 6) is 0. The fourth-order valence-electron chi connectivity index (χ4n) is 2.06. The highest BCUT2D eigenvalue weighted by Crippen LogP contribution is 2.28. The van der Waals surface area contributed by atoms with Crippen LogP contribution in [0.4, 0.5) is 11.4 Å². The highest BCUT2D eigenvalue weighted by molar-refractivity contribution is 9.10. The highest BCUT2D eigenvalue weighted by Gasteiger charge is 2.08. The van der Waals surface area contributed by atoms with Crippen molar-refractivity contribution in [2.24, 2.45) is 5.73 Å². The van der Waals surface area contributed by atoms with Crippen molar-refractivity contribution >= 4 is 27.3 Å². The Balaban J connectivity index is 2.25. The van der Waals surface area contributed by atoms with Gasteiger partial charge in [-0.15, -0.1) is 0 Å². The fraction of sp³-hybridized carbons (Fsp3) is 0.250. The molecule has 100 valence electrons. The van der Waals surface area contributed by atoms with Crippen LogP contribution < -0.4 is 10.6 Å². The lowest BCUT2D eigenvalue weighted by atomic mass is 10.1. The molecule has 0 heterocycles. The molecule has 0 saturated carbocycles. The molecule has 2 rings (SSSR count). The van der Waals surface area contributed by atoms with E-state index in [0.29, 0.717) is 0 Å². The summed E-state index contributed by atoms with van der Waals surface area (Å²) >= 11 is 3.63. The van der Waals surface area contributed by atoms with Crippen molar-refractivity contribution in [2.75, 3.05) is 11.9 Å². The standard InChI is InChI=1S/C16H19BrN2/c1-12(18)10-13-8-9-15(11-16(13)17)19(2)14-6-4-3-5-7-14/h3-9,11-12H,10,18H2,1-2H3. The Morgan fingerprint density at radius 2 is 1.79 bits per heavy atom. The number of rotatable bonds is 4. The lowest BCUT2D eigenvalue weighted by molar-refractivity contribution is 0.736. The number of hydrogen-bond acceptors (Lipinski definition) is 2. The molecule has 0 bridgehead atoms. The van der Waals surface area contributed by atoms with E-state index in [9.17, 15) is 0 Å². The molecule has 0 fully saturated rings. The second-order valence-corrected chi connectivity index (χ2v) is 5.71. The Morgan fingerprint density at radius 1 is 1.11 bits per heavy atom. The first-order valence-corrected chi connectivity index (χ1v) is 7.20. The molecule has 2 aromatic rings. The second kappa shape index (κ2) is 6.22. The molecular weight excluding hydrogens is 300 g/mol. The van der Waals surface area contributed by atoms with Gasteiger partial charge in [0.2, 0.25) is 0 Å². The number of benzene rings is 2. The first kappa shape index (κ1) is 14.1. The molecule has 1 atom stereocenters. The third-order valence-corrected chi connectivity index (χ3v) is 3.85. The van der Waals surface area contributed by atoms with Crippen LogP contribution in [0.1, 0.15) is 12.5 Å². The predicted octanol–water partition coefficient (Wildman–Crippen LogP) is 4.11. The molecular formula is C16H19BrN2. The highest BCUT2D eigenvalue weighted by atomic mass is 79.9. The normalized spacial score (nSPS) is 12.2. The van der Waals surface area contributed by atoms with Crippen molar-refractivity contribution in [3.63, 3.8) is 0 Å². The van der Waals surface area contributed by atoms with Crippen LogP contribution in [0.15, 0.2) is 53.0 Å². The van der Waals surface area contributed by atoms with Crippen LogP contribution in [0.5, 0.6) is 0 Å². The van der Waals surface area contributed by atoms with Gasteiger partial charge in [0.05, 0.1) is 0 Å². The quantitative estimate of drug-likeness (QED) is 0.919. The Kier molecular flexibility index (Phi) is 4.61. The van der Waals surface area contributed by atoms with Gasteiger partial charge in [0, 0.05) is 28.9 Å². The van der Waals surface area contributed by atoms with E-state index in [1.807, 2.05) is 25.1 Å². The smallest absolute Gasteiger partial charge is 0.0419 e.